The fraction of sp³-hybridized carbons (Fsp3) is 0.312. The van der Waals surface area contributed by atoms with Crippen molar-refractivity contribution in [2.24, 2.45) is 5.92 Å². The van der Waals surface area contributed by atoms with Gasteiger partial charge in [0.2, 0.25) is 0 Å². The van der Waals surface area contributed by atoms with E-state index in [9.17, 15) is 9.90 Å². The maximum Gasteiger partial charge on any atom is 0.337 e. The van der Waals surface area contributed by atoms with Crippen LogP contribution in [0, 0.1) is 5.92 Å². The third kappa shape index (κ3) is 2.05. The number of rotatable bonds is 3. The molecule has 2 aromatic rings. The fourth-order valence-corrected chi connectivity index (χ4v) is 2.69. The van der Waals surface area contributed by atoms with E-state index in [1.165, 1.54) is 0 Å². The summed E-state index contributed by atoms with van der Waals surface area (Å²) in [4.78, 5) is 13.6. The molecule has 0 amide bonds. The van der Waals surface area contributed by atoms with E-state index >= 15 is 0 Å². The van der Waals surface area contributed by atoms with Gasteiger partial charge in [-0.05, 0) is 35.2 Å². The Kier molecular flexibility index (Phi) is 2.90. The summed E-state index contributed by atoms with van der Waals surface area (Å²) in [6.07, 6.45) is 1.16. The number of fused-ring (bicyclic) bond motifs is 1. The molecule has 1 aliphatic rings. The number of benzene rings is 2. The number of hydrogen-bond acceptors (Lipinski definition) is 2. The first-order valence-corrected chi connectivity index (χ1v) is 6.70. The molecule has 0 spiro atoms. The van der Waals surface area contributed by atoms with Crippen molar-refractivity contribution in [2.45, 2.75) is 13.3 Å². The first-order valence-electron chi connectivity index (χ1n) is 6.70. The fourth-order valence-electron chi connectivity index (χ4n) is 2.69. The molecule has 0 bridgehead atoms. The average molecular weight is 255 g/mol. The molecule has 3 nitrogen and oxygen atoms in total. The molecule has 0 aromatic heterocycles. The molecule has 2 aromatic carbocycles. The molecule has 1 fully saturated rings. The minimum Gasteiger partial charge on any atom is -0.478 e. The Morgan fingerprint density at radius 2 is 1.89 bits per heavy atom. The van der Waals surface area contributed by atoms with E-state index in [2.05, 4.69) is 11.8 Å². The third-order valence-corrected chi connectivity index (χ3v) is 3.97. The predicted molar refractivity (Wildman–Crippen MR) is 76.9 cm³/mol. The lowest BCUT2D eigenvalue weighted by atomic mass is 9.94. The Morgan fingerprint density at radius 3 is 2.47 bits per heavy atom. The van der Waals surface area contributed by atoms with Crippen LogP contribution in [-0.2, 0) is 0 Å². The van der Waals surface area contributed by atoms with Gasteiger partial charge in [-0.2, -0.15) is 0 Å². The van der Waals surface area contributed by atoms with Gasteiger partial charge in [-0.1, -0.05) is 31.2 Å². The van der Waals surface area contributed by atoms with Crippen LogP contribution in [-0.4, -0.2) is 24.2 Å². The summed E-state index contributed by atoms with van der Waals surface area (Å²) in [6.45, 7) is 4.12. The van der Waals surface area contributed by atoms with E-state index in [-0.39, 0.29) is 0 Å². The second-order valence-corrected chi connectivity index (χ2v) is 5.20. The smallest absolute Gasteiger partial charge is 0.337 e. The standard InChI is InChI=1S/C16H17NO2/c1-2-11-9-17(10-11)15-8-13-6-4-3-5-12(13)7-14(15)16(18)19/h3-8,11H,2,9-10H2,1H3,(H,18,19). The van der Waals surface area contributed by atoms with Gasteiger partial charge < -0.3 is 10.0 Å². The van der Waals surface area contributed by atoms with Crippen molar-refractivity contribution >= 4 is 22.4 Å². The van der Waals surface area contributed by atoms with Gasteiger partial charge in [0.25, 0.3) is 0 Å². The molecule has 1 heterocycles. The third-order valence-electron chi connectivity index (χ3n) is 3.97. The van der Waals surface area contributed by atoms with Crippen LogP contribution in [0.5, 0.6) is 0 Å². The van der Waals surface area contributed by atoms with Gasteiger partial charge in [0.05, 0.1) is 11.3 Å². The SMILES string of the molecule is CCC1CN(c2cc3ccccc3cc2C(=O)O)C1. The van der Waals surface area contributed by atoms with Gasteiger partial charge >= 0.3 is 5.97 Å². The number of carboxylic acid groups (broad SMARTS) is 1. The summed E-state index contributed by atoms with van der Waals surface area (Å²) in [7, 11) is 0. The van der Waals surface area contributed by atoms with Crippen LogP contribution in [0.1, 0.15) is 23.7 Å². The van der Waals surface area contributed by atoms with Gasteiger partial charge in [-0.25, -0.2) is 4.79 Å². The zero-order chi connectivity index (χ0) is 13.4. The second-order valence-electron chi connectivity index (χ2n) is 5.20. The van der Waals surface area contributed by atoms with Crippen LogP contribution in [0.2, 0.25) is 0 Å². The molecule has 0 unspecified atom stereocenters. The van der Waals surface area contributed by atoms with Crippen LogP contribution in [0.4, 0.5) is 5.69 Å². The van der Waals surface area contributed by atoms with Crippen molar-refractivity contribution in [3.8, 4) is 0 Å². The highest BCUT2D eigenvalue weighted by Gasteiger charge is 2.28. The molecular weight excluding hydrogens is 238 g/mol. The quantitative estimate of drug-likeness (QED) is 0.914. The van der Waals surface area contributed by atoms with Gasteiger partial charge in [0.1, 0.15) is 0 Å². The Labute approximate surface area is 112 Å². The molecule has 1 saturated heterocycles. The predicted octanol–water partition coefficient (Wildman–Crippen LogP) is 3.38. The lowest BCUT2D eigenvalue weighted by molar-refractivity contribution is 0.0697. The van der Waals surface area contributed by atoms with Gasteiger partial charge in [0.15, 0.2) is 0 Å². The van der Waals surface area contributed by atoms with E-state index in [0.29, 0.717) is 11.5 Å². The maximum absolute atomic E-state index is 11.4. The van der Waals surface area contributed by atoms with Crippen LogP contribution < -0.4 is 4.90 Å². The zero-order valence-electron chi connectivity index (χ0n) is 11.0. The van der Waals surface area contributed by atoms with Crippen molar-refractivity contribution in [1.82, 2.24) is 0 Å². The van der Waals surface area contributed by atoms with E-state index in [1.54, 1.807) is 6.07 Å². The van der Waals surface area contributed by atoms with E-state index in [4.69, 9.17) is 0 Å². The highest BCUT2D eigenvalue weighted by molar-refractivity contribution is 6.01. The molecule has 0 atom stereocenters. The number of aromatic carboxylic acids is 1. The minimum absolute atomic E-state index is 0.410. The van der Waals surface area contributed by atoms with E-state index in [1.807, 2.05) is 30.3 Å². The van der Waals surface area contributed by atoms with Crippen molar-refractivity contribution in [1.29, 1.82) is 0 Å². The van der Waals surface area contributed by atoms with Gasteiger partial charge in [0, 0.05) is 13.1 Å². The first-order chi connectivity index (χ1) is 9.19. The monoisotopic (exact) mass is 255 g/mol. The molecule has 0 saturated carbocycles. The molecular formula is C16H17NO2. The van der Waals surface area contributed by atoms with Crippen molar-refractivity contribution in [3.05, 3.63) is 42.0 Å². The Bertz CT molecular complexity index is 630. The second kappa shape index (κ2) is 4.57. The molecule has 3 heteroatoms. The number of carbonyl (C=O) groups is 1. The number of nitrogens with zero attached hydrogens (tertiary/aromatic N) is 1. The normalized spacial score (nSPS) is 15.5. The number of carboxylic acids is 1. The molecule has 1 aliphatic heterocycles. The molecule has 98 valence electrons. The lowest BCUT2D eigenvalue weighted by Crippen LogP contribution is -2.47. The molecule has 19 heavy (non-hydrogen) atoms. The average Bonchev–Trinajstić information content (AvgIpc) is 2.36. The molecule has 0 aliphatic carbocycles. The summed E-state index contributed by atoms with van der Waals surface area (Å²) in [5.41, 5.74) is 1.27. The summed E-state index contributed by atoms with van der Waals surface area (Å²) < 4.78 is 0. The van der Waals surface area contributed by atoms with Crippen molar-refractivity contribution in [3.63, 3.8) is 0 Å². The van der Waals surface area contributed by atoms with Gasteiger partial charge in [-0.3, -0.25) is 0 Å². The van der Waals surface area contributed by atoms with Crippen LogP contribution in [0.25, 0.3) is 10.8 Å². The zero-order valence-corrected chi connectivity index (χ0v) is 11.0. The lowest BCUT2D eigenvalue weighted by Gasteiger charge is -2.41. The first kappa shape index (κ1) is 12.0. The molecule has 3 rings (SSSR count). The number of hydrogen-bond donors (Lipinski definition) is 1. The summed E-state index contributed by atoms with van der Waals surface area (Å²) in [5.74, 6) is -0.145. The van der Waals surface area contributed by atoms with Crippen molar-refractivity contribution in [2.75, 3.05) is 18.0 Å². The summed E-state index contributed by atoms with van der Waals surface area (Å²) >= 11 is 0. The van der Waals surface area contributed by atoms with Crippen LogP contribution in [0.3, 0.4) is 0 Å². The molecule has 1 N–H and O–H groups in total. The van der Waals surface area contributed by atoms with Crippen LogP contribution >= 0.6 is 0 Å². The minimum atomic E-state index is -0.847. The molecule has 0 radical (unpaired) electrons. The Balaban J connectivity index is 2.06. The Hall–Kier alpha value is -2.03. The Morgan fingerprint density at radius 1 is 1.26 bits per heavy atom. The number of anilines is 1. The topological polar surface area (TPSA) is 40.5 Å². The van der Waals surface area contributed by atoms with Crippen molar-refractivity contribution < 1.29 is 9.90 Å². The summed E-state index contributed by atoms with van der Waals surface area (Å²) in [6, 6.07) is 11.7. The van der Waals surface area contributed by atoms with Crippen LogP contribution in [0.15, 0.2) is 36.4 Å². The largest absolute Gasteiger partial charge is 0.478 e. The van der Waals surface area contributed by atoms with E-state index < -0.39 is 5.97 Å². The van der Waals surface area contributed by atoms with Gasteiger partial charge in [-0.15, -0.1) is 0 Å². The maximum atomic E-state index is 11.4. The van der Waals surface area contributed by atoms with E-state index in [0.717, 1.165) is 36.0 Å². The highest BCUT2D eigenvalue weighted by Crippen LogP contribution is 2.32. The summed E-state index contributed by atoms with van der Waals surface area (Å²) in [5, 5.41) is 11.5. The highest BCUT2D eigenvalue weighted by atomic mass is 16.4.